The van der Waals surface area contributed by atoms with Gasteiger partial charge in [-0.2, -0.15) is 0 Å². The molecule has 2 aliphatic heterocycles. The normalized spacial score (nSPS) is 28.6. The van der Waals surface area contributed by atoms with Gasteiger partial charge in [0.05, 0.1) is 16.3 Å². The zero-order valence-corrected chi connectivity index (χ0v) is 11.9. The summed E-state index contributed by atoms with van der Waals surface area (Å²) in [5.41, 5.74) is -1.46. The predicted molar refractivity (Wildman–Crippen MR) is 75.6 cm³/mol. The van der Waals surface area contributed by atoms with Crippen molar-refractivity contribution in [2.24, 2.45) is 5.92 Å². The van der Waals surface area contributed by atoms with Gasteiger partial charge in [0.2, 0.25) is 0 Å². The van der Waals surface area contributed by atoms with Crippen LogP contribution < -0.4 is 10.2 Å². The highest BCUT2D eigenvalue weighted by Gasteiger charge is 2.56. The molecule has 5 nitrogen and oxygen atoms in total. The van der Waals surface area contributed by atoms with Gasteiger partial charge in [-0.05, 0) is 24.7 Å². The minimum atomic E-state index is -1.85. The molecule has 0 aromatic heterocycles. The summed E-state index contributed by atoms with van der Waals surface area (Å²) in [5.74, 6) is -2.09. The lowest BCUT2D eigenvalue weighted by Gasteiger charge is -2.29. The fourth-order valence-electron chi connectivity index (χ4n) is 3.00. The second-order valence-corrected chi connectivity index (χ2v) is 5.81. The van der Waals surface area contributed by atoms with Gasteiger partial charge in [-0.25, -0.2) is 9.18 Å². The number of alkyl halides is 1. The van der Waals surface area contributed by atoms with E-state index in [0.717, 1.165) is 0 Å². The average Bonchev–Trinajstić information content (AvgIpc) is 2.71. The van der Waals surface area contributed by atoms with Crippen LogP contribution in [-0.2, 0) is 4.79 Å². The third-order valence-corrected chi connectivity index (χ3v) is 4.50. The number of carboxylic acid groups (broad SMARTS) is 1. The number of carboxylic acids is 1. The maximum Gasteiger partial charge on any atom is 0.335 e. The Morgan fingerprint density at radius 2 is 2.29 bits per heavy atom. The van der Waals surface area contributed by atoms with Crippen molar-refractivity contribution in [2.75, 3.05) is 24.5 Å². The molecule has 0 radical (unpaired) electrons. The van der Waals surface area contributed by atoms with Gasteiger partial charge in [0.1, 0.15) is 0 Å². The van der Waals surface area contributed by atoms with Crippen molar-refractivity contribution in [3.63, 3.8) is 0 Å². The lowest BCUT2D eigenvalue weighted by molar-refractivity contribution is -0.130. The summed E-state index contributed by atoms with van der Waals surface area (Å²) in [4.78, 5) is 24.6. The molecule has 1 amide bonds. The number of fused-ring (bicyclic) bond motifs is 1. The van der Waals surface area contributed by atoms with E-state index in [1.165, 1.54) is 23.1 Å². The molecule has 3 rings (SSSR count). The monoisotopic (exact) mass is 312 g/mol. The molecular formula is C14H14ClFN2O3. The Hall–Kier alpha value is -1.66. The van der Waals surface area contributed by atoms with E-state index < -0.39 is 23.5 Å². The van der Waals surface area contributed by atoms with Crippen LogP contribution in [0.5, 0.6) is 0 Å². The Morgan fingerprint density at radius 3 is 2.90 bits per heavy atom. The van der Waals surface area contributed by atoms with Gasteiger partial charge >= 0.3 is 5.97 Å². The molecule has 21 heavy (non-hydrogen) atoms. The largest absolute Gasteiger partial charge is 0.478 e. The van der Waals surface area contributed by atoms with Crippen LogP contribution in [0, 0.1) is 5.92 Å². The quantitative estimate of drug-likeness (QED) is 0.872. The van der Waals surface area contributed by atoms with Crippen molar-refractivity contribution in [1.82, 2.24) is 5.32 Å². The molecule has 2 unspecified atom stereocenters. The maximum atomic E-state index is 14.9. The van der Waals surface area contributed by atoms with Crippen molar-refractivity contribution in [3.05, 3.63) is 28.8 Å². The standard InChI is InChI=1S/C14H14ClFN2O3/c15-10-5-8(12(19)20)1-2-11(10)18-7-9-6-17-4-3-14(9,16)13(18)21/h1-2,5,9,17H,3-4,6-7H2,(H,19,20). The van der Waals surface area contributed by atoms with Crippen molar-refractivity contribution >= 4 is 29.2 Å². The molecule has 0 bridgehead atoms. The number of piperidine rings is 1. The van der Waals surface area contributed by atoms with Gasteiger partial charge in [0, 0.05) is 25.4 Å². The van der Waals surface area contributed by atoms with Crippen LogP contribution in [0.25, 0.3) is 0 Å². The Kier molecular flexibility index (Phi) is 3.37. The fraction of sp³-hybridized carbons (Fsp3) is 0.429. The van der Waals surface area contributed by atoms with E-state index in [9.17, 15) is 14.0 Å². The summed E-state index contributed by atoms with van der Waals surface area (Å²) in [6, 6.07) is 4.09. The second kappa shape index (κ2) is 4.96. The van der Waals surface area contributed by atoms with Crippen LogP contribution in [0.2, 0.25) is 5.02 Å². The van der Waals surface area contributed by atoms with Crippen molar-refractivity contribution in [2.45, 2.75) is 12.1 Å². The molecule has 1 aromatic rings. The third-order valence-electron chi connectivity index (χ3n) is 4.19. The molecule has 2 N–H and O–H groups in total. The second-order valence-electron chi connectivity index (χ2n) is 5.40. The van der Waals surface area contributed by atoms with Crippen LogP contribution in [-0.4, -0.2) is 42.3 Å². The summed E-state index contributed by atoms with van der Waals surface area (Å²) in [7, 11) is 0. The van der Waals surface area contributed by atoms with E-state index in [2.05, 4.69) is 5.32 Å². The van der Waals surface area contributed by atoms with Crippen LogP contribution in [0.15, 0.2) is 18.2 Å². The lowest BCUT2D eigenvalue weighted by Crippen LogP contribution is -2.49. The zero-order valence-electron chi connectivity index (χ0n) is 11.1. The predicted octanol–water partition coefficient (Wildman–Crippen LogP) is 1.70. The van der Waals surface area contributed by atoms with Crippen LogP contribution >= 0.6 is 11.6 Å². The Labute approximate surface area is 125 Å². The first kappa shape index (κ1) is 14.3. The minimum Gasteiger partial charge on any atom is -0.478 e. The number of carbonyl (C=O) groups excluding carboxylic acids is 1. The molecule has 2 atom stereocenters. The van der Waals surface area contributed by atoms with E-state index in [1.807, 2.05) is 0 Å². The first-order valence-electron chi connectivity index (χ1n) is 6.68. The molecule has 7 heteroatoms. The van der Waals surface area contributed by atoms with E-state index in [4.69, 9.17) is 16.7 Å². The summed E-state index contributed by atoms with van der Waals surface area (Å²) < 4.78 is 14.9. The van der Waals surface area contributed by atoms with Gasteiger partial charge in [0.15, 0.2) is 5.67 Å². The smallest absolute Gasteiger partial charge is 0.335 e. The number of halogens is 2. The number of hydrogen-bond donors (Lipinski definition) is 2. The summed E-state index contributed by atoms with van der Waals surface area (Å²) >= 11 is 6.07. The van der Waals surface area contributed by atoms with Crippen molar-refractivity contribution < 1.29 is 19.1 Å². The number of nitrogens with zero attached hydrogens (tertiary/aromatic N) is 1. The first-order valence-corrected chi connectivity index (χ1v) is 7.06. The molecule has 0 saturated carbocycles. The van der Waals surface area contributed by atoms with Gasteiger partial charge < -0.3 is 15.3 Å². The number of benzene rings is 1. The molecule has 2 heterocycles. The molecule has 0 spiro atoms. The summed E-state index contributed by atoms with van der Waals surface area (Å²) in [6.45, 7) is 1.16. The van der Waals surface area contributed by atoms with Crippen LogP contribution in [0.3, 0.4) is 0 Å². The number of aromatic carboxylic acids is 1. The number of hydrogen-bond acceptors (Lipinski definition) is 3. The molecule has 0 aliphatic carbocycles. The molecule has 2 aliphatic rings. The summed E-state index contributed by atoms with van der Waals surface area (Å²) in [6.07, 6.45) is 0.151. The Balaban J connectivity index is 1.95. The third kappa shape index (κ3) is 2.18. The highest BCUT2D eigenvalue weighted by Crippen LogP contribution is 2.41. The first-order chi connectivity index (χ1) is 9.93. The number of rotatable bonds is 2. The van der Waals surface area contributed by atoms with E-state index >= 15 is 0 Å². The van der Waals surface area contributed by atoms with E-state index in [1.54, 1.807) is 0 Å². The zero-order chi connectivity index (χ0) is 15.2. The Morgan fingerprint density at radius 1 is 1.52 bits per heavy atom. The average molecular weight is 313 g/mol. The highest BCUT2D eigenvalue weighted by atomic mass is 35.5. The molecule has 2 saturated heterocycles. The minimum absolute atomic E-state index is 0.0319. The van der Waals surface area contributed by atoms with E-state index in [-0.39, 0.29) is 23.6 Å². The lowest BCUT2D eigenvalue weighted by atomic mass is 9.86. The van der Waals surface area contributed by atoms with E-state index in [0.29, 0.717) is 18.8 Å². The van der Waals surface area contributed by atoms with Gasteiger partial charge in [-0.3, -0.25) is 4.79 Å². The van der Waals surface area contributed by atoms with Crippen LogP contribution in [0.4, 0.5) is 10.1 Å². The maximum absolute atomic E-state index is 14.9. The topological polar surface area (TPSA) is 69.6 Å². The van der Waals surface area contributed by atoms with Gasteiger partial charge in [-0.15, -0.1) is 0 Å². The fourth-order valence-corrected chi connectivity index (χ4v) is 3.28. The van der Waals surface area contributed by atoms with Gasteiger partial charge in [0.25, 0.3) is 5.91 Å². The number of carbonyl (C=O) groups is 2. The molecule has 2 fully saturated rings. The van der Waals surface area contributed by atoms with Gasteiger partial charge in [-0.1, -0.05) is 11.6 Å². The summed E-state index contributed by atoms with van der Waals surface area (Å²) in [5, 5.41) is 12.1. The molecular weight excluding hydrogens is 299 g/mol. The highest BCUT2D eigenvalue weighted by molar-refractivity contribution is 6.34. The Bertz CT molecular complexity index is 624. The van der Waals surface area contributed by atoms with Crippen LogP contribution in [0.1, 0.15) is 16.8 Å². The van der Waals surface area contributed by atoms with Crippen molar-refractivity contribution in [3.8, 4) is 0 Å². The SMILES string of the molecule is O=C(O)c1ccc(N2CC3CNCCC3(F)C2=O)c(Cl)c1. The number of amides is 1. The van der Waals surface area contributed by atoms with Crippen molar-refractivity contribution in [1.29, 1.82) is 0 Å². The number of anilines is 1. The molecule has 1 aromatic carbocycles. The number of nitrogens with one attached hydrogen (secondary N) is 1. The molecule has 112 valence electrons.